The summed E-state index contributed by atoms with van der Waals surface area (Å²) >= 11 is 6.23. The van der Waals surface area contributed by atoms with Gasteiger partial charge in [-0.2, -0.15) is 5.10 Å². The van der Waals surface area contributed by atoms with Crippen molar-refractivity contribution in [3.63, 3.8) is 0 Å². The first kappa shape index (κ1) is 13.9. The number of ether oxygens (including phenoxy) is 1. The molecule has 1 N–H and O–H groups in total. The highest BCUT2D eigenvalue weighted by atomic mass is 35.5. The van der Waals surface area contributed by atoms with Gasteiger partial charge in [-0.1, -0.05) is 11.6 Å². The number of aromatic nitrogens is 4. The molecule has 0 amide bonds. The van der Waals surface area contributed by atoms with Crippen molar-refractivity contribution in [3.8, 4) is 0 Å². The molecule has 1 atom stereocenters. The first-order valence-corrected chi connectivity index (χ1v) is 6.30. The summed E-state index contributed by atoms with van der Waals surface area (Å²) < 4.78 is 6.88. The topological polar surface area (TPSA) is 64.9 Å². The van der Waals surface area contributed by atoms with Crippen LogP contribution in [0.3, 0.4) is 0 Å². The van der Waals surface area contributed by atoms with Gasteiger partial charge in [0, 0.05) is 19.5 Å². The second kappa shape index (κ2) is 6.60. The van der Waals surface area contributed by atoms with Crippen molar-refractivity contribution in [1.29, 1.82) is 0 Å². The van der Waals surface area contributed by atoms with Gasteiger partial charge in [0.15, 0.2) is 5.82 Å². The minimum atomic E-state index is -0.201. The normalized spacial score (nSPS) is 12.6. The van der Waals surface area contributed by atoms with Crippen LogP contribution in [-0.2, 0) is 11.3 Å². The van der Waals surface area contributed by atoms with Crippen LogP contribution in [0.25, 0.3) is 0 Å². The summed E-state index contributed by atoms with van der Waals surface area (Å²) in [6.45, 7) is 1.20. The Balaban J connectivity index is 2.35. The molecule has 7 heteroatoms. The molecular formula is C12H16ClN5O. The van der Waals surface area contributed by atoms with Gasteiger partial charge in [-0.3, -0.25) is 4.68 Å². The molecule has 19 heavy (non-hydrogen) atoms. The number of rotatable bonds is 6. The van der Waals surface area contributed by atoms with Crippen molar-refractivity contribution >= 4 is 11.6 Å². The van der Waals surface area contributed by atoms with Gasteiger partial charge in [0.25, 0.3) is 0 Å². The summed E-state index contributed by atoms with van der Waals surface area (Å²) in [7, 11) is 3.49. The van der Waals surface area contributed by atoms with E-state index < -0.39 is 0 Å². The molecule has 2 rings (SSSR count). The fraction of sp³-hybridized carbons (Fsp3) is 0.417. The van der Waals surface area contributed by atoms with Crippen LogP contribution < -0.4 is 5.32 Å². The molecule has 0 saturated heterocycles. The number of hydrogen-bond donors (Lipinski definition) is 1. The van der Waals surface area contributed by atoms with E-state index in [1.807, 2.05) is 11.7 Å². The molecule has 0 aromatic carbocycles. The molecule has 102 valence electrons. The van der Waals surface area contributed by atoms with Crippen molar-refractivity contribution in [1.82, 2.24) is 25.1 Å². The second-order valence-corrected chi connectivity index (χ2v) is 4.33. The summed E-state index contributed by atoms with van der Waals surface area (Å²) in [5, 5.41) is 8.01. The predicted molar refractivity (Wildman–Crippen MR) is 72.0 cm³/mol. The van der Waals surface area contributed by atoms with E-state index in [0.717, 1.165) is 5.69 Å². The summed E-state index contributed by atoms with van der Waals surface area (Å²) in [5.74, 6) is 0.658. The number of methoxy groups -OCH3 is 1. The molecule has 0 bridgehead atoms. The van der Waals surface area contributed by atoms with Crippen molar-refractivity contribution in [2.24, 2.45) is 0 Å². The molecule has 1 unspecified atom stereocenters. The van der Waals surface area contributed by atoms with Gasteiger partial charge >= 0.3 is 0 Å². The van der Waals surface area contributed by atoms with Crippen molar-refractivity contribution in [3.05, 3.63) is 41.2 Å². The number of halogens is 1. The lowest BCUT2D eigenvalue weighted by Gasteiger charge is -2.17. The third-order valence-corrected chi connectivity index (χ3v) is 3.04. The smallest absolute Gasteiger partial charge is 0.151 e. The Morgan fingerprint density at radius 2 is 2.16 bits per heavy atom. The van der Waals surface area contributed by atoms with Crippen LogP contribution in [0, 0.1) is 0 Å². The molecule has 2 aromatic heterocycles. The zero-order chi connectivity index (χ0) is 13.7. The molecule has 0 saturated carbocycles. The molecule has 0 aliphatic rings. The second-order valence-electron chi connectivity index (χ2n) is 3.92. The lowest BCUT2D eigenvalue weighted by Crippen LogP contribution is -2.24. The SMILES string of the molecule is CNC(c1ncccn1)c1c(Cl)cnn1CCOC. The van der Waals surface area contributed by atoms with Crippen molar-refractivity contribution in [2.45, 2.75) is 12.6 Å². The Kier molecular flexibility index (Phi) is 4.84. The van der Waals surface area contributed by atoms with Crippen LogP contribution in [0.4, 0.5) is 0 Å². The van der Waals surface area contributed by atoms with Gasteiger partial charge < -0.3 is 10.1 Å². The molecule has 0 spiro atoms. The van der Waals surface area contributed by atoms with Gasteiger partial charge in [-0.25, -0.2) is 9.97 Å². The third kappa shape index (κ3) is 3.09. The summed E-state index contributed by atoms with van der Waals surface area (Å²) in [6.07, 6.45) is 5.03. The number of nitrogens with zero attached hydrogens (tertiary/aromatic N) is 4. The molecular weight excluding hydrogens is 266 g/mol. The zero-order valence-electron chi connectivity index (χ0n) is 10.9. The Morgan fingerprint density at radius 1 is 1.42 bits per heavy atom. The highest BCUT2D eigenvalue weighted by Crippen LogP contribution is 2.25. The van der Waals surface area contributed by atoms with Crippen LogP contribution in [0.1, 0.15) is 17.6 Å². The standard InChI is InChI=1S/C12H16ClN5O/c1-14-10(12-15-4-3-5-16-12)11-9(13)8-17-18(11)6-7-19-2/h3-5,8,10,14H,6-7H2,1-2H3. The van der Waals surface area contributed by atoms with Gasteiger partial charge in [-0.05, 0) is 13.1 Å². The highest BCUT2D eigenvalue weighted by Gasteiger charge is 2.22. The van der Waals surface area contributed by atoms with E-state index in [1.54, 1.807) is 31.8 Å². The average molecular weight is 282 g/mol. The monoisotopic (exact) mass is 281 g/mol. The van der Waals surface area contributed by atoms with Crippen molar-refractivity contribution < 1.29 is 4.74 Å². The van der Waals surface area contributed by atoms with E-state index in [9.17, 15) is 0 Å². The maximum atomic E-state index is 6.23. The first-order chi connectivity index (χ1) is 9.27. The van der Waals surface area contributed by atoms with Crippen molar-refractivity contribution in [2.75, 3.05) is 20.8 Å². The molecule has 2 aromatic rings. The molecule has 0 aliphatic heterocycles. The maximum absolute atomic E-state index is 6.23. The summed E-state index contributed by atoms with van der Waals surface area (Å²) in [4.78, 5) is 8.53. The Labute approximate surface area is 116 Å². The van der Waals surface area contributed by atoms with Crippen LogP contribution in [0.15, 0.2) is 24.7 Å². The molecule has 2 heterocycles. The van der Waals surface area contributed by atoms with Gasteiger partial charge in [-0.15, -0.1) is 0 Å². The van der Waals surface area contributed by atoms with Crippen LogP contribution in [0.5, 0.6) is 0 Å². The van der Waals surface area contributed by atoms with E-state index in [2.05, 4.69) is 20.4 Å². The van der Waals surface area contributed by atoms with E-state index in [4.69, 9.17) is 16.3 Å². The molecule has 0 aliphatic carbocycles. The van der Waals surface area contributed by atoms with Crippen LogP contribution in [0.2, 0.25) is 5.02 Å². The van der Waals surface area contributed by atoms with Crippen LogP contribution >= 0.6 is 11.6 Å². The molecule has 0 radical (unpaired) electrons. The lowest BCUT2D eigenvalue weighted by molar-refractivity contribution is 0.182. The Morgan fingerprint density at radius 3 is 2.79 bits per heavy atom. The zero-order valence-corrected chi connectivity index (χ0v) is 11.6. The third-order valence-electron chi connectivity index (χ3n) is 2.75. The summed E-state index contributed by atoms with van der Waals surface area (Å²) in [5.41, 5.74) is 0.840. The van der Waals surface area contributed by atoms with E-state index in [-0.39, 0.29) is 6.04 Å². The van der Waals surface area contributed by atoms with Gasteiger partial charge in [0.2, 0.25) is 0 Å². The quantitative estimate of drug-likeness (QED) is 0.864. The predicted octanol–water partition coefficient (Wildman–Crippen LogP) is 1.28. The lowest BCUT2D eigenvalue weighted by atomic mass is 10.2. The Bertz CT molecular complexity index is 516. The molecule has 0 fully saturated rings. The van der Waals surface area contributed by atoms with Gasteiger partial charge in [0.05, 0.1) is 30.1 Å². The number of nitrogens with one attached hydrogen (secondary N) is 1. The first-order valence-electron chi connectivity index (χ1n) is 5.92. The Hall–Kier alpha value is -1.50. The number of hydrogen-bond acceptors (Lipinski definition) is 5. The minimum Gasteiger partial charge on any atom is -0.383 e. The van der Waals surface area contributed by atoms with Crippen LogP contribution in [-0.4, -0.2) is 40.5 Å². The largest absolute Gasteiger partial charge is 0.383 e. The van der Waals surface area contributed by atoms with E-state index in [1.165, 1.54) is 0 Å². The molecule has 6 nitrogen and oxygen atoms in total. The van der Waals surface area contributed by atoms with E-state index in [0.29, 0.717) is 24.0 Å². The maximum Gasteiger partial charge on any atom is 0.151 e. The fourth-order valence-corrected chi connectivity index (χ4v) is 2.11. The highest BCUT2D eigenvalue weighted by molar-refractivity contribution is 6.31. The minimum absolute atomic E-state index is 0.201. The van der Waals surface area contributed by atoms with E-state index >= 15 is 0 Å². The summed E-state index contributed by atoms with van der Waals surface area (Å²) in [6, 6.07) is 1.58. The average Bonchev–Trinajstić information content (AvgIpc) is 2.80. The fourth-order valence-electron chi connectivity index (χ4n) is 1.86. The van der Waals surface area contributed by atoms with Gasteiger partial charge in [0.1, 0.15) is 6.04 Å².